The zero-order chi connectivity index (χ0) is 19.4. The van der Waals surface area contributed by atoms with Crippen molar-refractivity contribution in [2.75, 3.05) is 0 Å². The minimum absolute atomic E-state index is 0.0382. The number of benzene rings is 1. The van der Waals surface area contributed by atoms with Gasteiger partial charge in [-0.2, -0.15) is 0 Å². The Morgan fingerprint density at radius 2 is 1.62 bits per heavy atom. The number of carbonyl (C=O) groups is 1. The molecule has 6 heteroatoms. The second kappa shape index (κ2) is 11.5. The van der Waals surface area contributed by atoms with Crippen molar-refractivity contribution in [1.29, 1.82) is 0 Å². The van der Waals surface area contributed by atoms with Gasteiger partial charge in [0, 0.05) is 32.2 Å². The molecule has 0 spiro atoms. The largest absolute Gasteiger partial charge is 0.291 e. The van der Waals surface area contributed by atoms with Gasteiger partial charge < -0.3 is 0 Å². The summed E-state index contributed by atoms with van der Waals surface area (Å²) in [6, 6.07) is 12.0. The topological polar surface area (TPSA) is 47.8 Å². The highest BCUT2D eigenvalue weighted by atomic mass is 19.3. The second-order valence-corrected chi connectivity index (χ2v) is 6.07. The molecule has 144 valence electrons. The lowest BCUT2D eigenvalue weighted by Crippen LogP contribution is -2.10. The van der Waals surface area contributed by atoms with Gasteiger partial charge in [0.2, 0.25) is 17.5 Å². The molecule has 26 heavy (non-hydrogen) atoms. The molecule has 0 saturated carbocycles. The number of halogens is 2. The van der Waals surface area contributed by atoms with Crippen molar-refractivity contribution in [3.8, 4) is 0 Å². The number of fused-ring (bicyclic) bond motifs is 1. The van der Waals surface area contributed by atoms with E-state index in [0.717, 1.165) is 31.6 Å². The van der Waals surface area contributed by atoms with E-state index in [0.29, 0.717) is 12.2 Å². The number of rotatable bonds is 5. The van der Waals surface area contributed by atoms with E-state index in [1.807, 2.05) is 48.0 Å². The highest BCUT2D eigenvalue weighted by molar-refractivity contribution is 5.92. The Balaban J connectivity index is 0.000000220. The Bertz CT molecular complexity index is 588. The maximum Gasteiger partial charge on any atom is 0.247 e. The van der Waals surface area contributed by atoms with Crippen LogP contribution in [-0.2, 0) is 13.0 Å². The van der Waals surface area contributed by atoms with E-state index in [-0.39, 0.29) is 18.6 Å². The van der Waals surface area contributed by atoms with Gasteiger partial charge in [-0.25, -0.2) is 18.4 Å². The first-order valence-corrected chi connectivity index (χ1v) is 9.28. The number of nitrogens with zero attached hydrogens (tertiary/aromatic N) is 3. The highest BCUT2D eigenvalue weighted by Gasteiger charge is 2.21. The molecule has 0 atom stereocenters. The molecule has 1 aliphatic rings. The third-order valence-electron chi connectivity index (χ3n) is 3.95. The van der Waals surface area contributed by atoms with Crippen LogP contribution in [0.1, 0.15) is 69.3 Å². The molecule has 0 saturated heterocycles. The van der Waals surface area contributed by atoms with Crippen LogP contribution in [0.25, 0.3) is 0 Å². The van der Waals surface area contributed by atoms with Crippen molar-refractivity contribution >= 4 is 5.78 Å². The molecular formula is C20H29F2N3O. The number of ketones is 1. The van der Waals surface area contributed by atoms with E-state index >= 15 is 0 Å². The van der Waals surface area contributed by atoms with Gasteiger partial charge in [-0.1, -0.05) is 57.2 Å². The second-order valence-electron chi connectivity index (χ2n) is 6.07. The number of hydrogen-bond donors (Lipinski definition) is 0. The lowest BCUT2D eigenvalue weighted by molar-refractivity contribution is -0.00647. The third-order valence-corrected chi connectivity index (χ3v) is 3.95. The third kappa shape index (κ3) is 7.85. The van der Waals surface area contributed by atoms with Crippen LogP contribution >= 0.6 is 0 Å². The Labute approximate surface area is 154 Å². The number of alkyl halides is 2. The fourth-order valence-electron chi connectivity index (χ4n) is 2.22. The predicted molar refractivity (Wildman–Crippen MR) is 99.6 cm³/mol. The van der Waals surface area contributed by atoms with Gasteiger partial charge >= 0.3 is 0 Å². The van der Waals surface area contributed by atoms with E-state index in [1.54, 1.807) is 0 Å². The molecule has 0 bridgehead atoms. The van der Waals surface area contributed by atoms with Crippen LogP contribution in [0.4, 0.5) is 8.78 Å². The maximum atomic E-state index is 11.9. The Kier molecular flexibility index (Phi) is 9.70. The molecule has 0 radical (unpaired) electrons. The Morgan fingerprint density at radius 3 is 2.00 bits per heavy atom. The molecule has 2 heterocycles. The summed E-state index contributed by atoms with van der Waals surface area (Å²) in [6.07, 6.45) is 3.42. The van der Waals surface area contributed by atoms with Crippen LogP contribution < -0.4 is 0 Å². The van der Waals surface area contributed by atoms with Gasteiger partial charge in [0.1, 0.15) is 5.82 Å². The average molecular weight is 365 g/mol. The smallest absolute Gasteiger partial charge is 0.247 e. The van der Waals surface area contributed by atoms with Crippen LogP contribution in [-0.4, -0.2) is 26.5 Å². The average Bonchev–Trinajstić information content (AvgIpc) is 3.27. The summed E-state index contributed by atoms with van der Waals surface area (Å²) in [5.41, 5.74) is 0. The first kappa shape index (κ1) is 21.9. The minimum atomic E-state index is -2.42. The zero-order valence-corrected chi connectivity index (χ0v) is 15.9. The van der Waals surface area contributed by atoms with Crippen molar-refractivity contribution in [2.24, 2.45) is 0 Å². The van der Waals surface area contributed by atoms with Crippen molar-refractivity contribution in [3.05, 3.63) is 48.0 Å². The summed E-state index contributed by atoms with van der Waals surface area (Å²) >= 11 is 0. The summed E-state index contributed by atoms with van der Waals surface area (Å²) < 4.78 is 25.6. The standard InChI is InChI=1S/C9H13N3O.C6H6.C5H10F2/c1-2-4-7(13)9-10-8-5-3-6-12(8)11-9;1-2-4-6-5-3-1;1-3-5(6,7)4-2/h2-6H2,1H3;1-6H;3-4H2,1-2H3. The molecule has 2 aromatic rings. The van der Waals surface area contributed by atoms with Crippen LogP contribution in [0.3, 0.4) is 0 Å². The molecule has 1 aromatic heterocycles. The van der Waals surface area contributed by atoms with Gasteiger partial charge in [-0.15, -0.1) is 5.10 Å². The van der Waals surface area contributed by atoms with Gasteiger partial charge in [0.15, 0.2) is 0 Å². The molecule has 0 unspecified atom stereocenters. The van der Waals surface area contributed by atoms with E-state index in [2.05, 4.69) is 10.1 Å². The number of carbonyl (C=O) groups excluding carboxylic acids is 1. The molecule has 1 aromatic carbocycles. The van der Waals surface area contributed by atoms with Crippen molar-refractivity contribution in [3.63, 3.8) is 0 Å². The fourth-order valence-corrected chi connectivity index (χ4v) is 2.22. The highest BCUT2D eigenvalue weighted by Crippen LogP contribution is 2.20. The molecule has 0 aliphatic carbocycles. The molecule has 3 rings (SSSR count). The van der Waals surface area contributed by atoms with E-state index in [1.165, 1.54) is 13.8 Å². The van der Waals surface area contributed by atoms with Crippen LogP contribution in [0, 0.1) is 0 Å². The van der Waals surface area contributed by atoms with E-state index in [9.17, 15) is 13.6 Å². The SMILES string of the molecule is CCC(F)(F)CC.CCCC(=O)c1nc2n(n1)CCC2.c1ccccc1. The molecule has 4 nitrogen and oxygen atoms in total. The molecule has 0 fully saturated rings. The molecular weight excluding hydrogens is 336 g/mol. The monoisotopic (exact) mass is 365 g/mol. The number of aryl methyl sites for hydroxylation is 2. The summed E-state index contributed by atoms with van der Waals surface area (Å²) in [6.45, 7) is 5.89. The number of Topliss-reactive ketones (excluding diaryl/α,β-unsaturated/α-hetero) is 1. The minimum Gasteiger partial charge on any atom is -0.291 e. The van der Waals surface area contributed by atoms with Gasteiger partial charge in [0.05, 0.1) is 0 Å². The molecule has 0 amide bonds. The van der Waals surface area contributed by atoms with Gasteiger partial charge in [-0.3, -0.25) is 4.79 Å². The van der Waals surface area contributed by atoms with Crippen molar-refractivity contribution in [1.82, 2.24) is 14.8 Å². The lowest BCUT2D eigenvalue weighted by atomic mass is 10.2. The summed E-state index contributed by atoms with van der Waals surface area (Å²) in [4.78, 5) is 15.6. The first-order valence-electron chi connectivity index (χ1n) is 9.28. The Morgan fingerprint density at radius 1 is 1.08 bits per heavy atom. The molecule has 1 aliphatic heterocycles. The van der Waals surface area contributed by atoms with Crippen molar-refractivity contribution in [2.45, 2.75) is 71.8 Å². The van der Waals surface area contributed by atoms with Gasteiger partial charge in [0.25, 0.3) is 0 Å². The number of aromatic nitrogens is 3. The van der Waals surface area contributed by atoms with E-state index in [4.69, 9.17) is 0 Å². The van der Waals surface area contributed by atoms with Crippen LogP contribution in [0.2, 0.25) is 0 Å². The molecule has 0 N–H and O–H groups in total. The number of hydrogen-bond acceptors (Lipinski definition) is 3. The first-order chi connectivity index (χ1) is 12.4. The predicted octanol–water partition coefficient (Wildman–Crippen LogP) is 5.34. The summed E-state index contributed by atoms with van der Waals surface area (Å²) in [7, 11) is 0. The van der Waals surface area contributed by atoms with Crippen molar-refractivity contribution < 1.29 is 13.6 Å². The maximum absolute atomic E-state index is 11.9. The normalized spacial score (nSPS) is 12.3. The van der Waals surface area contributed by atoms with Crippen LogP contribution in [0.15, 0.2) is 36.4 Å². The van der Waals surface area contributed by atoms with E-state index < -0.39 is 5.92 Å². The summed E-state index contributed by atoms with van der Waals surface area (Å²) in [5.74, 6) is -0.958. The van der Waals surface area contributed by atoms with Crippen LogP contribution in [0.5, 0.6) is 0 Å². The lowest BCUT2D eigenvalue weighted by Gasteiger charge is -2.08. The van der Waals surface area contributed by atoms with Gasteiger partial charge in [-0.05, 0) is 12.8 Å². The zero-order valence-electron chi connectivity index (χ0n) is 15.9. The quantitative estimate of drug-likeness (QED) is 0.672. The Hall–Kier alpha value is -2.11. The fraction of sp³-hybridized carbons (Fsp3) is 0.550. The summed E-state index contributed by atoms with van der Waals surface area (Å²) in [5, 5.41) is 4.17.